The molecule has 5 nitrogen and oxygen atoms in total. The van der Waals surface area contributed by atoms with E-state index in [-0.39, 0.29) is 5.91 Å². The summed E-state index contributed by atoms with van der Waals surface area (Å²) in [6, 6.07) is 16.0. The van der Waals surface area contributed by atoms with Crippen LogP contribution in [-0.2, 0) is 13.1 Å². The van der Waals surface area contributed by atoms with Crippen molar-refractivity contribution in [2.24, 2.45) is 4.99 Å². The van der Waals surface area contributed by atoms with Crippen LogP contribution in [0.5, 0.6) is 0 Å². The highest BCUT2D eigenvalue weighted by Gasteiger charge is 2.05. The Balaban J connectivity index is 2.00. The second-order valence-corrected chi connectivity index (χ2v) is 6.10. The molecule has 138 valence electrons. The number of benzene rings is 2. The number of aryl methyl sites for hydroxylation is 1. The first-order valence-electron chi connectivity index (χ1n) is 9.07. The molecule has 0 heterocycles. The van der Waals surface area contributed by atoms with Crippen LogP contribution < -0.4 is 16.0 Å². The van der Waals surface area contributed by atoms with Gasteiger partial charge >= 0.3 is 0 Å². The lowest BCUT2D eigenvalue weighted by atomic mass is 10.1. The maximum absolute atomic E-state index is 12.0. The van der Waals surface area contributed by atoms with Crippen molar-refractivity contribution in [2.45, 2.75) is 33.9 Å². The minimum atomic E-state index is -0.0469. The minimum absolute atomic E-state index is 0.0469. The first kappa shape index (κ1) is 19.5. The molecule has 0 saturated carbocycles. The van der Waals surface area contributed by atoms with Gasteiger partial charge in [-0.1, -0.05) is 42.0 Å². The van der Waals surface area contributed by atoms with Gasteiger partial charge in [0.15, 0.2) is 5.96 Å². The molecule has 0 aliphatic carbocycles. The number of nitrogens with one attached hydrogen (secondary N) is 3. The Hall–Kier alpha value is -2.82. The van der Waals surface area contributed by atoms with Crippen LogP contribution >= 0.6 is 0 Å². The molecule has 3 N–H and O–H groups in total. The van der Waals surface area contributed by atoms with Crippen LogP contribution in [0.15, 0.2) is 53.5 Å². The summed E-state index contributed by atoms with van der Waals surface area (Å²) in [6.45, 7) is 8.67. The van der Waals surface area contributed by atoms with Gasteiger partial charge in [0, 0.05) is 25.2 Å². The number of carbonyl (C=O) groups is 1. The normalized spacial score (nSPS) is 11.1. The second kappa shape index (κ2) is 10.2. The molecule has 0 saturated heterocycles. The SMILES string of the molecule is CCNC(=O)c1cccc(CNC(=NCc2cccc(C)c2)NCC)c1. The standard InChI is InChI=1S/C21H28N4O/c1-4-22-20(26)19-11-7-10-18(13-19)15-25-21(23-5-2)24-14-17-9-6-8-16(3)12-17/h6-13H,4-5,14-15H2,1-3H3,(H,22,26)(H2,23,24,25). The zero-order chi connectivity index (χ0) is 18.8. The lowest BCUT2D eigenvalue weighted by Gasteiger charge is -2.12. The molecular weight excluding hydrogens is 324 g/mol. The third-order valence-corrected chi connectivity index (χ3v) is 3.83. The maximum Gasteiger partial charge on any atom is 0.251 e. The molecule has 0 aromatic heterocycles. The molecule has 2 aromatic rings. The Morgan fingerprint density at radius 1 is 0.923 bits per heavy atom. The van der Waals surface area contributed by atoms with Crippen molar-refractivity contribution in [3.8, 4) is 0 Å². The molecule has 0 unspecified atom stereocenters. The minimum Gasteiger partial charge on any atom is -0.357 e. The van der Waals surface area contributed by atoms with E-state index in [2.05, 4.69) is 46.1 Å². The molecule has 2 rings (SSSR count). The Kier molecular flexibility index (Phi) is 7.68. The topological polar surface area (TPSA) is 65.5 Å². The number of hydrogen-bond acceptors (Lipinski definition) is 2. The molecule has 0 aliphatic heterocycles. The number of hydrogen-bond donors (Lipinski definition) is 3. The molecule has 0 atom stereocenters. The van der Waals surface area contributed by atoms with E-state index in [9.17, 15) is 4.79 Å². The van der Waals surface area contributed by atoms with Gasteiger partial charge in [-0.15, -0.1) is 0 Å². The van der Waals surface area contributed by atoms with Crippen LogP contribution in [0.3, 0.4) is 0 Å². The van der Waals surface area contributed by atoms with Crippen LogP contribution in [0, 0.1) is 6.92 Å². The van der Waals surface area contributed by atoms with E-state index in [1.165, 1.54) is 11.1 Å². The summed E-state index contributed by atoms with van der Waals surface area (Å²) >= 11 is 0. The number of rotatable bonds is 7. The Morgan fingerprint density at radius 3 is 2.38 bits per heavy atom. The molecule has 2 aromatic carbocycles. The molecule has 0 spiro atoms. The third kappa shape index (κ3) is 6.24. The summed E-state index contributed by atoms with van der Waals surface area (Å²) in [4.78, 5) is 16.6. The Bertz CT molecular complexity index is 755. The van der Waals surface area contributed by atoms with Gasteiger partial charge in [-0.3, -0.25) is 4.79 Å². The van der Waals surface area contributed by atoms with Crippen molar-refractivity contribution in [3.05, 3.63) is 70.8 Å². The Morgan fingerprint density at radius 2 is 1.65 bits per heavy atom. The molecule has 0 radical (unpaired) electrons. The van der Waals surface area contributed by atoms with Crippen molar-refractivity contribution in [3.63, 3.8) is 0 Å². The average molecular weight is 352 g/mol. The zero-order valence-corrected chi connectivity index (χ0v) is 15.8. The van der Waals surface area contributed by atoms with Crippen molar-refractivity contribution < 1.29 is 4.79 Å². The van der Waals surface area contributed by atoms with E-state index >= 15 is 0 Å². The van der Waals surface area contributed by atoms with Gasteiger partial charge in [-0.25, -0.2) is 4.99 Å². The van der Waals surface area contributed by atoms with Crippen LogP contribution in [-0.4, -0.2) is 25.0 Å². The van der Waals surface area contributed by atoms with Gasteiger partial charge < -0.3 is 16.0 Å². The van der Waals surface area contributed by atoms with Crippen molar-refractivity contribution in [1.82, 2.24) is 16.0 Å². The van der Waals surface area contributed by atoms with Crippen LogP contribution in [0.25, 0.3) is 0 Å². The number of carbonyl (C=O) groups excluding carboxylic acids is 1. The summed E-state index contributed by atoms with van der Waals surface area (Å²) < 4.78 is 0. The van der Waals surface area contributed by atoms with Gasteiger partial charge in [0.25, 0.3) is 5.91 Å². The van der Waals surface area contributed by atoms with E-state index in [4.69, 9.17) is 0 Å². The van der Waals surface area contributed by atoms with E-state index < -0.39 is 0 Å². The lowest BCUT2D eigenvalue weighted by molar-refractivity contribution is 0.0955. The molecule has 1 amide bonds. The van der Waals surface area contributed by atoms with Crippen LogP contribution in [0.4, 0.5) is 0 Å². The van der Waals surface area contributed by atoms with E-state index in [1.807, 2.05) is 44.2 Å². The summed E-state index contributed by atoms with van der Waals surface area (Å²) in [5.41, 5.74) is 4.13. The van der Waals surface area contributed by atoms with Gasteiger partial charge in [-0.05, 0) is 44.0 Å². The van der Waals surface area contributed by atoms with E-state index in [0.717, 1.165) is 18.1 Å². The first-order valence-corrected chi connectivity index (χ1v) is 9.07. The fraction of sp³-hybridized carbons (Fsp3) is 0.333. The molecule has 0 bridgehead atoms. The van der Waals surface area contributed by atoms with Crippen LogP contribution in [0.2, 0.25) is 0 Å². The van der Waals surface area contributed by atoms with Gasteiger partial charge in [0.2, 0.25) is 0 Å². The van der Waals surface area contributed by atoms with E-state index in [1.54, 1.807) is 0 Å². The van der Waals surface area contributed by atoms with Crippen molar-refractivity contribution >= 4 is 11.9 Å². The summed E-state index contributed by atoms with van der Waals surface area (Å²) in [7, 11) is 0. The predicted octanol–water partition coefficient (Wildman–Crippen LogP) is 3.00. The van der Waals surface area contributed by atoms with Crippen LogP contribution in [0.1, 0.15) is 40.9 Å². The number of amides is 1. The molecular formula is C21H28N4O. The van der Waals surface area contributed by atoms with Gasteiger partial charge in [0.05, 0.1) is 6.54 Å². The summed E-state index contributed by atoms with van der Waals surface area (Å²) in [6.07, 6.45) is 0. The summed E-state index contributed by atoms with van der Waals surface area (Å²) in [5, 5.41) is 9.40. The molecule has 5 heteroatoms. The van der Waals surface area contributed by atoms with E-state index in [0.29, 0.717) is 25.2 Å². The molecule has 0 fully saturated rings. The highest BCUT2D eigenvalue weighted by Crippen LogP contribution is 2.06. The predicted molar refractivity (Wildman–Crippen MR) is 107 cm³/mol. The average Bonchev–Trinajstić information content (AvgIpc) is 2.64. The number of aliphatic imine (C=N–C) groups is 1. The molecule has 26 heavy (non-hydrogen) atoms. The third-order valence-electron chi connectivity index (χ3n) is 3.83. The summed E-state index contributed by atoms with van der Waals surface area (Å²) in [5.74, 6) is 0.715. The largest absolute Gasteiger partial charge is 0.357 e. The smallest absolute Gasteiger partial charge is 0.251 e. The number of guanidine groups is 1. The quantitative estimate of drug-likeness (QED) is 0.530. The molecule has 0 aliphatic rings. The fourth-order valence-electron chi connectivity index (χ4n) is 2.59. The lowest BCUT2D eigenvalue weighted by Crippen LogP contribution is -2.36. The van der Waals surface area contributed by atoms with Gasteiger partial charge in [-0.2, -0.15) is 0 Å². The second-order valence-electron chi connectivity index (χ2n) is 6.10. The number of nitrogens with zero attached hydrogens (tertiary/aromatic N) is 1. The zero-order valence-electron chi connectivity index (χ0n) is 15.8. The Labute approximate surface area is 155 Å². The maximum atomic E-state index is 12.0. The van der Waals surface area contributed by atoms with Crippen molar-refractivity contribution in [1.29, 1.82) is 0 Å². The highest BCUT2D eigenvalue weighted by atomic mass is 16.1. The van der Waals surface area contributed by atoms with Gasteiger partial charge in [0.1, 0.15) is 0 Å². The monoisotopic (exact) mass is 352 g/mol. The fourth-order valence-corrected chi connectivity index (χ4v) is 2.59. The highest BCUT2D eigenvalue weighted by molar-refractivity contribution is 5.94. The van der Waals surface area contributed by atoms with Crippen molar-refractivity contribution in [2.75, 3.05) is 13.1 Å². The first-order chi connectivity index (χ1) is 12.6.